The van der Waals surface area contributed by atoms with Crippen molar-refractivity contribution in [1.82, 2.24) is 10.6 Å². The van der Waals surface area contributed by atoms with Crippen LogP contribution in [-0.4, -0.2) is 37.5 Å². The van der Waals surface area contributed by atoms with Crippen LogP contribution in [0.3, 0.4) is 0 Å². The molecule has 0 aliphatic carbocycles. The van der Waals surface area contributed by atoms with Gasteiger partial charge in [0.2, 0.25) is 11.8 Å². The maximum Gasteiger partial charge on any atom is 0.233 e. The Morgan fingerprint density at radius 1 is 1.06 bits per heavy atom. The molecule has 0 unspecified atom stereocenters. The highest BCUT2D eigenvalue weighted by atomic mass is 16.2. The molecular formula is C12H26N4O2. The van der Waals surface area contributed by atoms with E-state index in [1.54, 1.807) is 0 Å². The quantitative estimate of drug-likeness (QED) is 0.395. The topological polar surface area (TPSA) is 110 Å². The number of amides is 2. The summed E-state index contributed by atoms with van der Waals surface area (Å²) < 4.78 is 0. The largest absolute Gasteiger partial charge is 0.355 e. The van der Waals surface area contributed by atoms with Crippen molar-refractivity contribution in [3.63, 3.8) is 0 Å². The standard InChI is InChI=1S/C12H26N4O2/c1-2-10(16-12(18)9-14)6-4-3-5-7-15-11(17)8-13/h10H,2-9,13-14H2,1H3,(H,15,17)(H,16,18)/t10-/m1/s1. The first kappa shape index (κ1) is 16.9. The van der Waals surface area contributed by atoms with Crippen molar-refractivity contribution >= 4 is 11.8 Å². The third-order valence-corrected chi connectivity index (χ3v) is 2.78. The summed E-state index contributed by atoms with van der Waals surface area (Å²) in [5, 5.41) is 5.61. The summed E-state index contributed by atoms with van der Waals surface area (Å²) in [6.45, 7) is 2.80. The van der Waals surface area contributed by atoms with Crippen LogP contribution in [0.2, 0.25) is 0 Å². The van der Waals surface area contributed by atoms with Gasteiger partial charge in [0, 0.05) is 12.6 Å². The SMILES string of the molecule is CC[C@H](CCCCCNC(=O)CN)NC(=O)CN. The van der Waals surface area contributed by atoms with E-state index >= 15 is 0 Å². The zero-order chi connectivity index (χ0) is 13.8. The zero-order valence-corrected chi connectivity index (χ0v) is 11.2. The van der Waals surface area contributed by atoms with E-state index in [2.05, 4.69) is 10.6 Å². The molecule has 0 saturated carbocycles. The Balaban J connectivity index is 3.50. The lowest BCUT2D eigenvalue weighted by Crippen LogP contribution is -2.38. The summed E-state index contributed by atoms with van der Waals surface area (Å²) in [7, 11) is 0. The van der Waals surface area contributed by atoms with Crippen LogP contribution in [0.1, 0.15) is 39.0 Å². The van der Waals surface area contributed by atoms with Gasteiger partial charge in [-0.05, 0) is 19.3 Å². The molecule has 0 aliphatic rings. The van der Waals surface area contributed by atoms with Gasteiger partial charge in [-0.3, -0.25) is 9.59 Å². The van der Waals surface area contributed by atoms with Crippen molar-refractivity contribution in [3.05, 3.63) is 0 Å². The van der Waals surface area contributed by atoms with Crippen LogP contribution < -0.4 is 22.1 Å². The second kappa shape index (κ2) is 11.0. The first-order chi connectivity index (χ1) is 8.63. The molecule has 0 aliphatic heterocycles. The minimum atomic E-state index is -0.114. The van der Waals surface area contributed by atoms with Crippen molar-refractivity contribution in [2.45, 2.75) is 45.1 Å². The Labute approximate surface area is 109 Å². The van der Waals surface area contributed by atoms with Crippen molar-refractivity contribution in [1.29, 1.82) is 0 Å². The minimum Gasteiger partial charge on any atom is -0.355 e. The van der Waals surface area contributed by atoms with Crippen LogP contribution in [0.4, 0.5) is 0 Å². The van der Waals surface area contributed by atoms with Crippen LogP contribution in [0.15, 0.2) is 0 Å². The molecule has 0 saturated heterocycles. The molecule has 6 heteroatoms. The molecule has 0 rings (SSSR count). The van der Waals surface area contributed by atoms with Gasteiger partial charge in [-0.15, -0.1) is 0 Å². The van der Waals surface area contributed by atoms with Gasteiger partial charge in [-0.1, -0.05) is 19.8 Å². The van der Waals surface area contributed by atoms with Crippen molar-refractivity contribution in [3.8, 4) is 0 Å². The molecule has 2 amide bonds. The molecule has 0 fully saturated rings. The second-order valence-electron chi connectivity index (χ2n) is 4.28. The summed E-state index contributed by atoms with van der Waals surface area (Å²) in [6, 6.07) is 0.208. The van der Waals surface area contributed by atoms with Crippen LogP contribution in [0, 0.1) is 0 Å². The Kier molecular flexibility index (Phi) is 10.3. The van der Waals surface area contributed by atoms with Gasteiger partial charge in [0.1, 0.15) is 0 Å². The van der Waals surface area contributed by atoms with E-state index in [9.17, 15) is 9.59 Å². The number of hydrogen-bond donors (Lipinski definition) is 4. The van der Waals surface area contributed by atoms with Crippen LogP contribution >= 0.6 is 0 Å². The molecule has 106 valence electrons. The highest BCUT2D eigenvalue weighted by Gasteiger charge is 2.08. The van der Waals surface area contributed by atoms with Gasteiger partial charge < -0.3 is 22.1 Å². The van der Waals surface area contributed by atoms with Crippen molar-refractivity contribution in [2.75, 3.05) is 19.6 Å². The number of hydrogen-bond acceptors (Lipinski definition) is 4. The molecule has 0 bridgehead atoms. The van der Waals surface area contributed by atoms with Gasteiger partial charge in [-0.25, -0.2) is 0 Å². The molecule has 6 N–H and O–H groups in total. The molecule has 0 radical (unpaired) electrons. The van der Waals surface area contributed by atoms with Gasteiger partial charge >= 0.3 is 0 Å². The third kappa shape index (κ3) is 8.95. The molecule has 0 heterocycles. The van der Waals surface area contributed by atoms with E-state index in [0.29, 0.717) is 6.54 Å². The zero-order valence-electron chi connectivity index (χ0n) is 11.2. The van der Waals surface area contributed by atoms with Crippen LogP contribution in [0.5, 0.6) is 0 Å². The lowest BCUT2D eigenvalue weighted by atomic mass is 10.1. The average molecular weight is 258 g/mol. The molecule has 1 atom stereocenters. The summed E-state index contributed by atoms with van der Waals surface area (Å²) in [4.78, 5) is 22.0. The molecule has 18 heavy (non-hydrogen) atoms. The highest BCUT2D eigenvalue weighted by molar-refractivity contribution is 5.78. The van der Waals surface area contributed by atoms with E-state index in [4.69, 9.17) is 11.5 Å². The van der Waals surface area contributed by atoms with Gasteiger partial charge in [0.05, 0.1) is 13.1 Å². The summed E-state index contributed by atoms with van der Waals surface area (Å²) >= 11 is 0. The Bertz CT molecular complexity index is 246. The summed E-state index contributed by atoms with van der Waals surface area (Å²) in [5.74, 6) is -0.214. The van der Waals surface area contributed by atoms with E-state index < -0.39 is 0 Å². The summed E-state index contributed by atoms with van der Waals surface area (Å²) in [6.07, 6.45) is 4.86. The van der Waals surface area contributed by atoms with E-state index in [-0.39, 0.29) is 30.9 Å². The highest BCUT2D eigenvalue weighted by Crippen LogP contribution is 2.06. The second-order valence-corrected chi connectivity index (χ2v) is 4.28. The molecule has 0 aromatic carbocycles. The average Bonchev–Trinajstić information content (AvgIpc) is 2.40. The Hall–Kier alpha value is -1.14. The monoisotopic (exact) mass is 258 g/mol. The Morgan fingerprint density at radius 3 is 2.28 bits per heavy atom. The van der Waals surface area contributed by atoms with E-state index in [0.717, 1.165) is 32.1 Å². The molecule has 0 aromatic heterocycles. The fraction of sp³-hybridized carbons (Fsp3) is 0.833. The van der Waals surface area contributed by atoms with Crippen LogP contribution in [0.25, 0.3) is 0 Å². The minimum absolute atomic E-state index is 0.0433. The Morgan fingerprint density at radius 2 is 1.72 bits per heavy atom. The molecule has 6 nitrogen and oxygen atoms in total. The predicted molar refractivity (Wildman–Crippen MR) is 71.8 cm³/mol. The maximum absolute atomic E-state index is 11.1. The third-order valence-electron chi connectivity index (χ3n) is 2.78. The number of nitrogens with one attached hydrogen (secondary N) is 2. The first-order valence-corrected chi connectivity index (χ1v) is 6.60. The normalized spacial score (nSPS) is 11.9. The fourth-order valence-corrected chi connectivity index (χ4v) is 1.66. The van der Waals surface area contributed by atoms with Crippen molar-refractivity contribution in [2.24, 2.45) is 11.5 Å². The lowest BCUT2D eigenvalue weighted by molar-refractivity contribution is -0.121. The number of nitrogens with two attached hydrogens (primary N) is 2. The molecular weight excluding hydrogens is 232 g/mol. The fourth-order valence-electron chi connectivity index (χ4n) is 1.66. The van der Waals surface area contributed by atoms with Gasteiger partial charge in [0.25, 0.3) is 0 Å². The molecule has 0 aromatic rings. The number of carbonyl (C=O) groups is 2. The van der Waals surface area contributed by atoms with Crippen LogP contribution in [-0.2, 0) is 9.59 Å². The van der Waals surface area contributed by atoms with Crippen molar-refractivity contribution < 1.29 is 9.59 Å². The van der Waals surface area contributed by atoms with Gasteiger partial charge in [0.15, 0.2) is 0 Å². The van der Waals surface area contributed by atoms with E-state index in [1.807, 2.05) is 6.92 Å². The number of carbonyl (C=O) groups excluding carboxylic acids is 2. The number of rotatable bonds is 10. The van der Waals surface area contributed by atoms with E-state index in [1.165, 1.54) is 0 Å². The first-order valence-electron chi connectivity index (χ1n) is 6.60. The predicted octanol–water partition coefficient (Wildman–Crippen LogP) is -0.525. The molecule has 0 spiro atoms. The lowest BCUT2D eigenvalue weighted by Gasteiger charge is -2.16. The number of unbranched alkanes of at least 4 members (excludes halogenated alkanes) is 2. The summed E-state index contributed by atoms with van der Waals surface area (Å²) in [5.41, 5.74) is 10.4. The van der Waals surface area contributed by atoms with Gasteiger partial charge in [-0.2, -0.15) is 0 Å². The smallest absolute Gasteiger partial charge is 0.233 e. The maximum atomic E-state index is 11.1.